The minimum atomic E-state index is -4.64. The summed E-state index contributed by atoms with van der Waals surface area (Å²) in [6.45, 7) is 0. The van der Waals surface area contributed by atoms with Crippen molar-refractivity contribution in [1.29, 1.82) is 0 Å². The number of ether oxygens (including phenoxy) is 1. The Morgan fingerprint density at radius 1 is 0.292 bits per heavy atom. The van der Waals surface area contributed by atoms with Gasteiger partial charge in [-0.1, -0.05) is 193 Å². The molecule has 4 aromatic heterocycles. The molecule has 0 amide bonds. The van der Waals surface area contributed by atoms with Gasteiger partial charge < -0.3 is 24.7 Å². The molecule has 8 N–H and O–H groups in total. The molecule has 0 aliphatic rings. The maximum atomic E-state index is 13.1. The fraction of sp³-hybridized carbons (Fsp3) is 0.0222. The minimum absolute atomic E-state index is 0.0244. The number of anilines is 4. The highest BCUT2D eigenvalue weighted by atomic mass is 35.5. The number of sulfonamides is 4. The third-order valence-electron chi connectivity index (χ3n) is 18.8. The predicted octanol–water partition coefficient (Wildman–Crippen LogP) is 21.8. The predicted molar refractivity (Wildman–Crippen MR) is 468 cm³/mol. The molecule has 0 unspecified atom stereocenters. The summed E-state index contributed by atoms with van der Waals surface area (Å²) in [4.78, 5) is 31.0. The summed E-state index contributed by atoms with van der Waals surface area (Å²) >= 11 is 11.8. The number of hydrogen-bond donors (Lipinski definition) is 8. The summed E-state index contributed by atoms with van der Waals surface area (Å²) in [5.41, 5.74) is 13.4. The van der Waals surface area contributed by atoms with Crippen LogP contribution in [0.4, 0.5) is 35.9 Å². The van der Waals surface area contributed by atoms with Crippen LogP contribution in [0.1, 0.15) is 5.56 Å². The standard InChI is InChI=1S/C26H21N3O3S.C25H19N3O2S.C20H14F3N3O2S.C19H13Cl2N3O2S/c1-32-20-14-10-18(11-15-20)19-12-16-21(17-13-19)33(30,31)29-23-7-3-2-6-22(23)26-27-24-8-4-5-9-25(24)28-26;29-31(30,20-16-14-19(15-17-20)18-8-2-1-3-9-18)28-22-11-5-4-10-21(22)25-26-23-12-6-7-13-24(23)27-25;21-20(22,23)13-6-5-7-14(12-13)29(27,28)26-16-9-2-1-8-15(16)19-24-17-10-3-4-11-18(17)25-19;20-14-10-9-12(11-15(14)21)27(25,26)24-16-6-2-1-5-13(16)19-22-17-7-3-4-8-18(17)23-19/h2-17,29H,1H3,(H,27,28);1-17,28H,(H,26,27);1-12,26H,(H,24,25);1-11,24H,(H,22,23). The zero-order chi connectivity index (χ0) is 83.8. The van der Waals surface area contributed by atoms with Gasteiger partial charge in [0.05, 0.1) is 109 Å². The van der Waals surface area contributed by atoms with Crippen molar-refractivity contribution < 1.29 is 51.6 Å². The lowest BCUT2D eigenvalue weighted by Crippen LogP contribution is -2.15. The van der Waals surface area contributed by atoms with Crippen LogP contribution in [0, 0.1) is 0 Å². The van der Waals surface area contributed by atoms with E-state index in [2.05, 4.69) is 58.8 Å². The molecule has 0 spiro atoms. The van der Waals surface area contributed by atoms with Gasteiger partial charge in [-0.3, -0.25) is 18.9 Å². The molecule has 18 aromatic rings. The molecular weight excluding hydrogens is 1650 g/mol. The number of methoxy groups -OCH3 is 1. The minimum Gasteiger partial charge on any atom is -0.497 e. The maximum absolute atomic E-state index is 13.1. The summed E-state index contributed by atoms with van der Waals surface area (Å²) in [5.74, 6) is 2.99. The SMILES string of the molecule is COc1ccc(-c2ccc(S(=O)(=O)Nc3ccccc3-c3nc4ccccc4[nH]3)cc2)cc1.O=S(=O)(Nc1ccccc1-c1nc2ccccc2[nH]1)c1ccc(-c2ccccc2)cc1.O=S(=O)(Nc1ccccc1-c1nc2ccccc2[nH]1)c1ccc(Cl)c(Cl)c1.O=S(=O)(Nc1ccccc1-c1nc2ccccc2[nH]1)c1cccc(C(F)(F)F)c1. The van der Waals surface area contributed by atoms with E-state index in [1.54, 1.807) is 104 Å². The van der Waals surface area contributed by atoms with E-state index < -0.39 is 56.7 Å². The fourth-order valence-electron chi connectivity index (χ4n) is 12.8. The van der Waals surface area contributed by atoms with E-state index in [1.165, 1.54) is 24.3 Å². The summed E-state index contributed by atoms with van der Waals surface area (Å²) in [7, 11) is -14.0. The van der Waals surface area contributed by atoms with Crippen molar-refractivity contribution >= 4 is 130 Å². The molecule has 600 valence electrons. The van der Waals surface area contributed by atoms with E-state index in [0.29, 0.717) is 79.2 Å². The molecule has 0 aliphatic carbocycles. The number of benzene rings is 14. The largest absolute Gasteiger partial charge is 0.497 e. The molecule has 0 radical (unpaired) electrons. The molecule has 0 atom stereocenters. The van der Waals surface area contributed by atoms with Gasteiger partial charge in [-0.25, -0.2) is 53.6 Å². The Labute approximate surface area is 697 Å². The third-order valence-corrected chi connectivity index (χ3v) is 25.0. The van der Waals surface area contributed by atoms with E-state index >= 15 is 0 Å². The molecule has 120 heavy (non-hydrogen) atoms. The van der Waals surface area contributed by atoms with Gasteiger partial charge in [-0.15, -0.1) is 0 Å². The van der Waals surface area contributed by atoms with Crippen molar-refractivity contribution in [3.05, 3.63) is 355 Å². The average Bonchev–Trinajstić information content (AvgIpc) is 1.73. The number of H-pyrrole nitrogens is 4. The van der Waals surface area contributed by atoms with Gasteiger partial charge in [0, 0.05) is 22.3 Å². The van der Waals surface area contributed by atoms with Crippen LogP contribution < -0.4 is 23.6 Å². The van der Waals surface area contributed by atoms with Crippen LogP contribution in [0.25, 0.3) is 112 Å². The topological polar surface area (TPSA) is 309 Å². The maximum Gasteiger partial charge on any atom is 0.416 e. The number of fused-ring (bicyclic) bond motifs is 4. The molecule has 30 heteroatoms. The number of aromatic nitrogens is 8. The molecule has 4 heterocycles. The first-order valence-corrected chi connectivity index (χ1v) is 43.3. The monoisotopic (exact) mass is 1710 g/mol. The second kappa shape index (κ2) is 34.7. The normalized spacial score (nSPS) is 11.7. The Hall–Kier alpha value is -13.9. The lowest BCUT2D eigenvalue weighted by molar-refractivity contribution is -0.137. The summed E-state index contributed by atoms with van der Waals surface area (Å²) in [6.07, 6.45) is -4.64. The number of nitrogens with zero attached hydrogens (tertiary/aromatic N) is 4. The van der Waals surface area contributed by atoms with Crippen molar-refractivity contribution in [2.45, 2.75) is 25.8 Å². The van der Waals surface area contributed by atoms with Crippen LogP contribution >= 0.6 is 23.2 Å². The molecule has 21 nitrogen and oxygen atoms in total. The van der Waals surface area contributed by atoms with Gasteiger partial charge in [0.1, 0.15) is 29.0 Å². The smallest absolute Gasteiger partial charge is 0.416 e. The Bertz CT molecular complexity index is 7140. The zero-order valence-electron chi connectivity index (χ0n) is 62.8. The Morgan fingerprint density at radius 2 is 0.575 bits per heavy atom. The fourth-order valence-corrected chi connectivity index (χ4v) is 17.6. The highest BCUT2D eigenvalue weighted by Crippen LogP contribution is 2.38. The first-order chi connectivity index (χ1) is 57.8. The lowest BCUT2D eigenvalue weighted by atomic mass is 10.1. The van der Waals surface area contributed by atoms with Gasteiger partial charge in [0.25, 0.3) is 40.1 Å². The Morgan fingerprint density at radius 3 is 0.900 bits per heavy atom. The van der Waals surface area contributed by atoms with Gasteiger partial charge in [0.2, 0.25) is 0 Å². The van der Waals surface area contributed by atoms with E-state index in [4.69, 9.17) is 27.9 Å². The van der Waals surface area contributed by atoms with Gasteiger partial charge in [0.15, 0.2) is 0 Å². The van der Waals surface area contributed by atoms with E-state index in [-0.39, 0.29) is 25.4 Å². The molecule has 0 saturated carbocycles. The second-order valence-electron chi connectivity index (χ2n) is 26.8. The number of imidazole rings is 4. The number of aromatic amines is 4. The highest BCUT2D eigenvalue weighted by molar-refractivity contribution is 7.93. The van der Waals surface area contributed by atoms with Gasteiger partial charge in [-0.2, -0.15) is 13.2 Å². The van der Waals surface area contributed by atoms with E-state index in [1.807, 2.05) is 194 Å². The Balaban J connectivity index is 0.000000125. The quantitative estimate of drug-likeness (QED) is 0.0374. The van der Waals surface area contributed by atoms with Crippen LogP contribution in [-0.4, -0.2) is 80.7 Å². The van der Waals surface area contributed by atoms with Crippen molar-refractivity contribution in [2.24, 2.45) is 0 Å². The second-order valence-corrected chi connectivity index (χ2v) is 34.3. The van der Waals surface area contributed by atoms with Crippen LogP contribution in [-0.2, 0) is 46.3 Å². The highest BCUT2D eigenvalue weighted by Gasteiger charge is 2.32. The molecule has 0 bridgehead atoms. The number of para-hydroxylation sites is 12. The first kappa shape index (κ1) is 81.3. The molecule has 0 saturated heterocycles. The number of halogens is 5. The van der Waals surface area contributed by atoms with Gasteiger partial charge >= 0.3 is 6.18 Å². The van der Waals surface area contributed by atoms with Crippen molar-refractivity contribution in [3.8, 4) is 73.6 Å². The van der Waals surface area contributed by atoms with Crippen molar-refractivity contribution in [2.75, 3.05) is 26.0 Å². The van der Waals surface area contributed by atoms with Crippen LogP contribution in [0.5, 0.6) is 5.75 Å². The first-order valence-electron chi connectivity index (χ1n) is 36.6. The number of hydrogen-bond acceptors (Lipinski definition) is 13. The molecule has 0 aliphatic heterocycles. The molecular formula is C90H67Cl2F3N12O9S4. The zero-order valence-corrected chi connectivity index (χ0v) is 67.6. The lowest BCUT2D eigenvalue weighted by Gasteiger charge is -2.13. The van der Waals surface area contributed by atoms with Crippen LogP contribution in [0.15, 0.2) is 359 Å². The summed E-state index contributed by atoms with van der Waals surface area (Å²) in [5, 5.41) is 0.461. The van der Waals surface area contributed by atoms with Gasteiger partial charge in [-0.05, 0) is 192 Å². The van der Waals surface area contributed by atoms with Crippen molar-refractivity contribution in [1.82, 2.24) is 39.9 Å². The summed E-state index contributed by atoms with van der Waals surface area (Å²) in [6, 6.07) is 97.2. The van der Waals surface area contributed by atoms with Crippen LogP contribution in [0.3, 0.4) is 0 Å². The molecule has 18 rings (SSSR count). The molecule has 0 fully saturated rings. The third kappa shape index (κ3) is 18.7. The Kier molecular flexibility index (Phi) is 23.5. The summed E-state index contributed by atoms with van der Waals surface area (Å²) < 4.78 is 158. The number of alkyl halides is 3. The van der Waals surface area contributed by atoms with Crippen LogP contribution in [0.2, 0.25) is 10.0 Å². The number of nitrogens with one attached hydrogen (secondary N) is 8. The average molecular weight is 1720 g/mol. The van der Waals surface area contributed by atoms with Crippen molar-refractivity contribution in [3.63, 3.8) is 0 Å². The molecule has 14 aromatic carbocycles. The van der Waals surface area contributed by atoms with E-state index in [9.17, 15) is 46.8 Å². The van der Waals surface area contributed by atoms with E-state index in [0.717, 1.165) is 84.8 Å². The number of rotatable bonds is 19.